The molecule has 0 aliphatic rings. The number of nitrogens with one attached hydrogen (secondary N) is 2. The van der Waals surface area contributed by atoms with Crippen LogP contribution in [-0.4, -0.2) is 5.11 Å². The van der Waals surface area contributed by atoms with Crippen molar-refractivity contribution in [3.05, 3.63) is 64.7 Å². The molecule has 134 valence electrons. The lowest BCUT2D eigenvalue weighted by Crippen LogP contribution is -2.32. The van der Waals surface area contributed by atoms with Crippen molar-refractivity contribution in [1.29, 1.82) is 0 Å². The Kier molecular flexibility index (Phi) is 6.06. The first-order chi connectivity index (χ1) is 11.7. The van der Waals surface area contributed by atoms with Crippen molar-refractivity contribution in [3.63, 3.8) is 0 Å². The Labute approximate surface area is 151 Å². The number of benzene rings is 2. The zero-order chi connectivity index (χ0) is 18.6. The van der Waals surface area contributed by atoms with Crippen molar-refractivity contribution in [1.82, 2.24) is 5.32 Å². The molecule has 1 atom stereocenters. The summed E-state index contributed by atoms with van der Waals surface area (Å²) in [5, 5.41) is 6.31. The number of alkyl halides is 3. The lowest BCUT2D eigenvalue weighted by Gasteiger charge is -2.21. The quantitative estimate of drug-likeness (QED) is 0.673. The Morgan fingerprint density at radius 2 is 1.80 bits per heavy atom. The van der Waals surface area contributed by atoms with Gasteiger partial charge in [-0.2, -0.15) is 13.2 Å². The molecule has 0 radical (unpaired) electrons. The van der Waals surface area contributed by atoms with Gasteiger partial charge in [-0.05, 0) is 67.4 Å². The van der Waals surface area contributed by atoms with Crippen molar-refractivity contribution < 1.29 is 13.2 Å². The van der Waals surface area contributed by atoms with E-state index in [9.17, 15) is 13.2 Å². The maximum absolute atomic E-state index is 12.8. The molecule has 25 heavy (non-hydrogen) atoms. The number of hydrogen-bond acceptors (Lipinski definition) is 1. The Morgan fingerprint density at radius 1 is 1.08 bits per heavy atom. The fourth-order valence-corrected chi connectivity index (χ4v) is 2.76. The molecule has 0 saturated carbocycles. The highest BCUT2D eigenvalue weighted by atomic mass is 32.1. The predicted molar refractivity (Wildman–Crippen MR) is 99.7 cm³/mol. The average Bonchev–Trinajstić information content (AvgIpc) is 2.55. The summed E-state index contributed by atoms with van der Waals surface area (Å²) >= 11 is 5.27. The second kappa shape index (κ2) is 7.87. The van der Waals surface area contributed by atoms with Crippen LogP contribution in [0.3, 0.4) is 0 Å². The molecule has 0 fully saturated rings. The number of aryl methyl sites for hydroxylation is 2. The minimum absolute atomic E-state index is 0.00917. The summed E-state index contributed by atoms with van der Waals surface area (Å²) in [6, 6.07) is 11.2. The normalized spacial score (nSPS) is 12.6. The van der Waals surface area contributed by atoms with Crippen LogP contribution < -0.4 is 10.6 Å². The Morgan fingerprint density at radius 3 is 2.40 bits per heavy atom. The maximum atomic E-state index is 12.8. The van der Waals surface area contributed by atoms with Crippen LogP contribution in [-0.2, 0) is 6.18 Å². The SMILES string of the molecule is CCC(NC(=S)Nc1cccc(C(F)(F)F)c1)c1ccc(C)c(C)c1. The standard InChI is InChI=1S/C19H21F3N2S/c1-4-17(14-9-8-12(2)13(3)10-14)24-18(25)23-16-7-5-6-15(11-16)19(20,21)22/h5-11,17H,4H2,1-3H3,(H2,23,24,25). The van der Waals surface area contributed by atoms with E-state index >= 15 is 0 Å². The summed E-state index contributed by atoms with van der Waals surface area (Å²) in [5.74, 6) is 0. The van der Waals surface area contributed by atoms with Crippen molar-refractivity contribution in [2.75, 3.05) is 5.32 Å². The van der Waals surface area contributed by atoms with Gasteiger partial charge in [0.1, 0.15) is 0 Å². The summed E-state index contributed by atoms with van der Waals surface area (Å²) in [4.78, 5) is 0. The van der Waals surface area contributed by atoms with Crippen LogP contribution in [0.25, 0.3) is 0 Å². The highest BCUT2D eigenvalue weighted by molar-refractivity contribution is 7.80. The second-order valence-electron chi connectivity index (χ2n) is 5.98. The van der Waals surface area contributed by atoms with E-state index < -0.39 is 11.7 Å². The van der Waals surface area contributed by atoms with E-state index in [1.54, 1.807) is 6.07 Å². The molecule has 0 amide bonds. The number of halogens is 3. The number of hydrogen-bond donors (Lipinski definition) is 2. The van der Waals surface area contributed by atoms with Gasteiger partial charge < -0.3 is 10.6 Å². The lowest BCUT2D eigenvalue weighted by atomic mass is 9.99. The first-order valence-electron chi connectivity index (χ1n) is 8.02. The monoisotopic (exact) mass is 366 g/mol. The third-order valence-corrected chi connectivity index (χ3v) is 4.31. The van der Waals surface area contributed by atoms with Crippen LogP contribution >= 0.6 is 12.2 Å². The molecule has 2 aromatic carbocycles. The summed E-state index contributed by atoms with van der Waals surface area (Å²) in [6.45, 7) is 6.12. The van der Waals surface area contributed by atoms with Gasteiger partial charge in [-0.3, -0.25) is 0 Å². The van der Waals surface area contributed by atoms with Crippen LogP contribution in [0.15, 0.2) is 42.5 Å². The van der Waals surface area contributed by atoms with Gasteiger partial charge in [0, 0.05) is 5.69 Å². The first-order valence-corrected chi connectivity index (χ1v) is 8.43. The Hall–Kier alpha value is -2.08. The van der Waals surface area contributed by atoms with Crippen LogP contribution in [0, 0.1) is 13.8 Å². The minimum Gasteiger partial charge on any atom is -0.356 e. The summed E-state index contributed by atoms with van der Waals surface area (Å²) in [7, 11) is 0. The zero-order valence-electron chi connectivity index (χ0n) is 14.4. The molecule has 1 unspecified atom stereocenters. The smallest absolute Gasteiger partial charge is 0.356 e. The molecular formula is C19H21F3N2S. The average molecular weight is 366 g/mol. The van der Waals surface area contributed by atoms with Crippen molar-refractivity contribution >= 4 is 23.0 Å². The lowest BCUT2D eigenvalue weighted by molar-refractivity contribution is -0.137. The fourth-order valence-electron chi connectivity index (χ4n) is 2.50. The van der Waals surface area contributed by atoms with Gasteiger partial charge in [0.2, 0.25) is 0 Å². The topological polar surface area (TPSA) is 24.1 Å². The number of thiocarbonyl (C=S) groups is 1. The van der Waals surface area contributed by atoms with Gasteiger partial charge in [0.15, 0.2) is 5.11 Å². The van der Waals surface area contributed by atoms with E-state index in [1.165, 1.54) is 17.2 Å². The second-order valence-corrected chi connectivity index (χ2v) is 6.39. The van der Waals surface area contributed by atoms with E-state index in [-0.39, 0.29) is 6.04 Å². The van der Waals surface area contributed by atoms with Gasteiger partial charge >= 0.3 is 6.18 Å². The highest BCUT2D eigenvalue weighted by Crippen LogP contribution is 2.30. The summed E-state index contributed by atoms with van der Waals surface area (Å²) in [5.41, 5.74) is 3.10. The largest absolute Gasteiger partial charge is 0.416 e. The Balaban J connectivity index is 2.09. The summed E-state index contributed by atoms with van der Waals surface area (Å²) < 4.78 is 38.4. The third-order valence-electron chi connectivity index (χ3n) is 4.09. The first kappa shape index (κ1) is 19.2. The van der Waals surface area contributed by atoms with Crippen LogP contribution in [0.1, 0.15) is 41.6 Å². The molecule has 0 aliphatic heterocycles. The zero-order valence-corrected chi connectivity index (χ0v) is 15.2. The van der Waals surface area contributed by atoms with Gasteiger partial charge in [-0.25, -0.2) is 0 Å². The molecule has 2 rings (SSSR count). The molecule has 0 bridgehead atoms. The van der Waals surface area contributed by atoms with Crippen molar-refractivity contribution in [3.8, 4) is 0 Å². The minimum atomic E-state index is -4.38. The van der Waals surface area contributed by atoms with E-state index in [4.69, 9.17) is 12.2 Å². The van der Waals surface area contributed by atoms with Crippen molar-refractivity contribution in [2.45, 2.75) is 39.4 Å². The number of rotatable bonds is 4. The predicted octanol–water partition coefficient (Wildman–Crippen LogP) is 5.76. The highest BCUT2D eigenvalue weighted by Gasteiger charge is 2.30. The van der Waals surface area contributed by atoms with E-state index in [0.29, 0.717) is 10.8 Å². The Bertz CT molecular complexity index is 757. The molecule has 0 aromatic heterocycles. The summed E-state index contributed by atoms with van der Waals surface area (Å²) in [6.07, 6.45) is -3.58. The maximum Gasteiger partial charge on any atom is 0.416 e. The molecule has 2 nitrogen and oxygen atoms in total. The van der Waals surface area contributed by atoms with Crippen LogP contribution in [0.5, 0.6) is 0 Å². The van der Waals surface area contributed by atoms with Crippen LogP contribution in [0.4, 0.5) is 18.9 Å². The van der Waals surface area contributed by atoms with Gasteiger partial charge in [0.05, 0.1) is 11.6 Å². The number of anilines is 1. The van der Waals surface area contributed by atoms with Gasteiger partial charge in [0.25, 0.3) is 0 Å². The molecule has 0 heterocycles. The molecule has 0 saturated heterocycles. The van der Waals surface area contributed by atoms with E-state index in [2.05, 4.69) is 22.8 Å². The van der Waals surface area contributed by atoms with Crippen LogP contribution in [0.2, 0.25) is 0 Å². The molecule has 2 aromatic rings. The molecule has 0 aliphatic carbocycles. The van der Waals surface area contributed by atoms with E-state index in [0.717, 1.165) is 24.1 Å². The van der Waals surface area contributed by atoms with Gasteiger partial charge in [-0.1, -0.05) is 31.2 Å². The molecule has 6 heteroatoms. The molecule has 2 N–H and O–H groups in total. The van der Waals surface area contributed by atoms with Crippen molar-refractivity contribution in [2.24, 2.45) is 0 Å². The fraction of sp³-hybridized carbons (Fsp3) is 0.316. The molecular weight excluding hydrogens is 345 g/mol. The van der Waals surface area contributed by atoms with E-state index in [1.807, 2.05) is 26.8 Å². The third kappa shape index (κ3) is 5.19. The van der Waals surface area contributed by atoms with Gasteiger partial charge in [-0.15, -0.1) is 0 Å². The molecule has 0 spiro atoms.